The lowest BCUT2D eigenvalue weighted by molar-refractivity contribution is 0.0351. The van der Waals surface area contributed by atoms with Crippen LogP contribution in [0.4, 0.5) is 5.69 Å². The van der Waals surface area contributed by atoms with E-state index >= 15 is 0 Å². The second kappa shape index (κ2) is 4.90. The summed E-state index contributed by atoms with van der Waals surface area (Å²) in [4.78, 5) is 2.24. The molecule has 0 radical (unpaired) electrons. The van der Waals surface area contributed by atoms with E-state index in [0.717, 1.165) is 36.1 Å². The van der Waals surface area contributed by atoms with Gasteiger partial charge in [-0.15, -0.1) is 0 Å². The van der Waals surface area contributed by atoms with E-state index in [-0.39, 0.29) is 5.84 Å². The molecule has 0 spiro atoms. The Bertz CT molecular complexity index is 463. The maximum Gasteiger partial charge on any atom is 0.123 e. The van der Waals surface area contributed by atoms with Gasteiger partial charge in [0.05, 0.1) is 5.60 Å². The van der Waals surface area contributed by atoms with E-state index in [1.165, 1.54) is 0 Å². The van der Waals surface area contributed by atoms with Gasteiger partial charge in [0.2, 0.25) is 0 Å². The van der Waals surface area contributed by atoms with E-state index in [0.29, 0.717) is 5.56 Å². The maximum absolute atomic E-state index is 9.93. The minimum absolute atomic E-state index is 0.0648. The molecule has 1 aliphatic rings. The fraction of sp³-hybridized carbons (Fsp3) is 0.462. The van der Waals surface area contributed by atoms with Gasteiger partial charge < -0.3 is 15.7 Å². The molecule has 1 aliphatic heterocycles. The SMILES string of the molecule is CC1(O)CCN(c2ccc(C(=N)N)c(Br)c2)CC1. The standard InChI is InChI=1S/C13H18BrN3O/c1-13(18)4-6-17(7-5-13)9-2-3-10(12(15)16)11(14)8-9/h2-3,8,18H,4-7H2,1H3,(H3,15,16). The number of nitrogens with two attached hydrogens (primary N) is 1. The maximum atomic E-state index is 9.93. The van der Waals surface area contributed by atoms with Crippen LogP contribution in [-0.2, 0) is 0 Å². The second-order valence-corrected chi connectivity index (χ2v) is 5.92. The number of hydrogen-bond acceptors (Lipinski definition) is 3. The number of anilines is 1. The Balaban J connectivity index is 2.16. The van der Waals surface area contributed by atoms with Crippen LogP contribution in [0.2, 0.25) is 0 Å². The van der Waals surface area contributed by atoms with Gasteiger partial charge in [-0.05, 0) is 53.9 Å². The first kappa shape index (κ1) is 13.4. The van der Waals surface area contributed by atoms with Gasteiger partial charge in [-0.3, -0.25) is 5.41 Å². The van der Waals surface area contributed by atoms with Crippen LogP contribution < -0.4 is 10.6 Å². The third-order valence-corrected chi connectivity index (χ3v) is 4.10. The van der Waals surface area contributed by atoms with Crippen LogP contribution >= 0.6 is 15.9 Å². The smallest absolute Gasteiger partial charge is 0.123 e. The van der Waals surface area contributed by atoms with Crippen molar-refractivity contribution in [3.63, 3.8) is 0 Å². The van der Waals surface area contributed by atoms with E-state index in [4.69, 9.17) is 11.1 Å². The topological polar surface area (TPSA) is 73.3 Å². The lowest BCUT2D eigenvalue weighted by Crippen LogP contribution is -2.42. The molecule has 18 heavy (non-hydrogen) atoms. The van der Waals surface area contributed by atoms with E-state index in [2.05, 4.69) is 20.8 Å². The van der Waals surface area contributed by atoms with Crippen LogP contribution in [0.1, 0.15) is 25.3 Å². The van der Waals surface area contributed by atoms with Crippen LogP contribution in [0.15, 0.2) is 22.7 Å². The van der Waals surface area contributed by atoms with Crippen LogP contribution in [0.25, 0.3) is 0 Å². The highest BCUT2D eigenvalue weighted by atomic mass is 79.9. The Morgan fingerprint density at radius 3 is 2.56 bits per heavy atom. The number of rotatable bonds is 2. The predicted octanol–water partition coefficient (Wildman–Crippen LogP) is 2.08. The number of nitrogens with zero attached hydrogens (tertiary/aromatic N) is 1. The fourth-order valence-corrected chi connectivity index (χ4v) is 2.75. The summed E-state index contributed by atoms with van der Waals surface area (Å²) in [6.45, 7) is 3.58. The summed E-state index contributed by atoms with van der Waals surface area (Å²) >= 11 is 3.44. The molecule has 0 aliphatic carbocycles. The molecular formula is C13H18BrN3O. The molecule has 4 nitrogen and oxygen atoms in total. The van der Waals surface area contributed by atoms with Gasteiger partial charge in [0.1, 0.15) is 5.84 Å². The van der Waals surface area contributed by atoms with Crippen LogP contribution in [0.5, 0.6) is 0 Å². The van der Waals surface area contributed by atoms with E-state index in [1.54, 1.807) is 0 Å². The molecule has 0 unspecified atom stereocenters. The Morgan fingerprint density at radius 2 is 2.06 bits per heavy atom. The zero-order chi connectivity index (χ0) is 13.3. The van der Waals surface area contributed by atoms with Crippen molar-refractivity contribution in [1.29, 1.82) is 5.41 Å². The number of halogens is 1. The third kappa shape index (κ3) is 2.84. The molecule has 2 rings (SSSR count). The van der Waals surface area contributed by atoms with Crippen molar-refractivity contribution in [2.45, 2.75) is 25.4 Å². The van der Waals surface area contributed by atoms with Crippen molar-refractivity contribution in [3.8, 4) is 0 Å². The minimum atomic E-state index is -0.535. The molecule has 1 heterocycles. The van der Waals surface area contributed by atoms with E-state index < -0.39 is 5.60 Å². The summed E-state index contributed by atoms with van der Waals surface area (Å²) in [7, 11) is 0. The van der Waals surface area contributed by atoms with Gasteiger partial charge in [-0.1, -0.05) is 0 Å². The van der Waals surface area contributed by atoms with Crippen molar-refractivity contribution >= 4 is 27.5 Å². The molecule has 0 amide bonds. The zero-order valence-corrected chi connectivity index (χ0v) is 12.0. The van der Waals surface area contributed by atoms with E-state index in [9.17, 15) is 5.11 Å². The number of benzene rings is 1. The Labute approximate surface area is 115 Å². The normalized spacial score (nSPS) is 18.7. The van der Waals surface area contributed by atoms with Gasteiger partial charge in [0.15, 0.2) is 0 Å². The molecule has 0 atom stereocenters. The van der Waals surface area contributed by atoms with Crippen molar-refractivity contribution in [2.24, 2.45) is 5.73 Å². The van der Waals surface area contributed by atoms with Crippen molar-refractivity contribution in [1.82, 2.24) is 0 Å². The number of piperidine rings is 1. The molecule has 1 fully saturated rings. The van der Waals surface area contributed by atoms with E-state index in [1.807, 2.05) is 25.1 Å². The molecule has 1 aromatic rings. The van der Waals surface area contributed by atoms with Gasteiger partial charge in [-0.2, -0.15) is 0 Å². The monoisotopic (exact) mass is 311 g/mol. The lowest BCUT2D eigenvalue weighted by Gasteiger charge is -2.37. The molecular weight excluding hydrogens is 294 g/mol. The molecule has 4 N–H and O–H groups in total. The highest BCUT2D eigenvalue weighted by molar-refractivity contribution is 9.10. The lowest BCUT2D eigenvalue weighted by atomic mass is 9.93. The predicted molar refractivity (Wildman–Crippen MR) is 77.2 cm³/mol. The first-order valence-electron chi connectivity index (χ1n) is 6.00. The number of amidine groups is 1. The average molecular weight is 312 g/mol. The molecule has 0 aromatic heterocycles. The van der Waals surface area contributed by atoms with Gasteiger partial charge in [-0.25, -0.2) is 0 Å². The van der Waals surface area contributed by atoms with Gasteiger partial charge in [0, 0.05) is 28.8 Å². The summed E-state index contributed by atoms with van der Waals surface area (Å²) < 4.78 is 0.838. The quantitative estimate of drug-likeness (QED) is 0.578. The second-order valence-electron chi connectivity index (χ2n) is 5.06. The Hall–Kier alpha value is -1.07. The first-order chi connectivity index (χ1) is 8.39. The van der Waals surface area contributed by atoms with Gasteiger partial charge in [0.25, 0.3) is 0 Å². The summed E-state index contributed by atoms with van der Waals surface area (Å²) in [5.74, 6) is 0.0648. The fourth-order valence-electron chi connectivity index (χ4n) is 2.17. The summed E-state index contributed by atoms with van der Waals surface area (Å²) in [6, 6.07) is 5.81. The molecule has 1 aromatic carbocycles. The first-order valence-corrected chi connectivity index (χ1v) is 6.80. The summed E-state index contributed by atoms with van der Waals surface area (Å²) in [5, 5.41) is 17.4. The molecule has 98 valence electrons. The highest BCUT2D eigenvalue weighted by Gasteiger charge is 2.27. The average Bonchev–Trinajstić information content (AvgIpc) is 2.28. The minimum Gasteiger partial charge on any atom is -0.390 e. The number of aliphatic hydroxyl groups is 1. The molecule has 5 heteroatoms. The third-order valence-electron chi connectivity index (χ3n) is 3.45. The summed E-state index contributed by atoms with van der Waals surface area (Å²) in [5.41, 5.74) is 6.76. The summed E-state index contributed by atoms with van der Waals surface area (Å²) in [6.07, 6.45) is 1.55. The number of nitrogen functional groups attached to an aromatic ring is 1. The number of nitrogens with one attached hydrogen (secondary N) is 1. The molecule has 0 saturated carbocycles. The van der Waals surface area contributed by atoms with Crippen molar-refractivity contribution in [3.05, 3.63) is 28.2 Å². The van der Waals surface area contributed by atoms with Gasteiger partial charge >= 0.3 is 0 Å². The Morgan fingerprint density at radius 1 is 1.44 bits per heavy atom. The van der Waals surface area contributed by atoms with Crippen LogP contribution in [0.3, 0.4) is 0 Å². The van der Waals surface area contributed by atoms with Crippen LogP contribution in [0, 0.1) is 5.41 Å². The zero-order valence-electron chi connectivity index (χ0n) is 10.4. The molecule has 0 bridgehead atoms. The largest absolute Gasteiger partial charge is 0.390 e. The molecule has 1 saturated heterocycles. The van der Waals surface area contributed by atoms with Crippen molar-refractivity contribution in [2.75, 3.05) is 18.0 Å². The highest BCUT2D eigenvalue weighted by Crippen LogP contribution is 2.29. The van der Waals surface area contributed by atoms with Crippen LogP contribution in [-0.4, -0.2) is 29.6 Å². The van der Waals surface area contributed by atoms with Crippen molar-refractivity contribution < 1.29 is 5.11 Å². The number of hydrogen-bond donors (Lipinski definition) is 3. The Kier molecular flexibility index (Phi) is 3.64.